The number of nitrogens with zero attached hydrogens (tertiary/aromatic N) is 1. The molecule has 3 aromatic rings. The predicted octanol–water partition coefficient (Wildman–Crippen LogP) is 5.54. The summed E-state index contributed by atoms with van der Waals surface area (Å²) in [6.07, 6.45) is 1.66. The molecule has 5 nitrogen and oxygen atoms in total. The van der Waals surface area contributed by atoms with E-state index in [1.54, 1.807) is 0 Å². The lowest BCUT2D eigenvalue weighted by Gasteiger charge is -2.26. The standard InChI is InChI=1S/C24H25I2NO4/c1-2-5-21-22(17-6-3-4-7-20(17)31-21)23(28)16-14-18(25)24(19(26)15-16)30-13-10-27-8-11-29-12-9-27/h3-4,6-7,14-15H,2,5,8-13H2,1H3. The van der Waals surface area contributed by atoms with Crippen LogP contribution in [0.15, 0.2) is 40.8 Å². The molecule has 0 radical (unpaired) electrons. The van der Waals surface area contributed by atoms with Crippen molar-refractivity contribution in [3.05, 3.63) is 60.4 Å². The van der Waals surface area contributed by atoms with Crippen LogP contribution in [-0.4, -0.2) is 50.1 Å². The maximum absolute atomic E-state index is 13.5. The van der Waals surface area contributed by atoms with Crippen LogP contribution in [0.3, 0.4) is 0 Å². The van der Waals surface area contributed by atoms with Crippen molar-refractivity contribution in [1.82, 2.24) is 4.90 Å². The van der Waals surface area contributed by atoms with E-state index in [0.29, 0.717) is 17.7 Å². The van der Waals surface area contributed by atoms with Gasteiger partial charge in [-0.1, -0.05) is 25.1 Å². The molecule has 0 bridgehead atoms. The number of morpholine rings is 1. The summed E-state index contributed by atoms with van der Waals surface area (Å²) >= 11 is 4.52. The number of carbonyl (C=O) groups excluding carboxylic acids is 1. The van der Waals surface area contributed by atoms with Gasteiger partial charge in [-0.25, -0.2) is 0 Å². The first-order valence-corrected chi connectivity index (χ1v) is 12.7. The number of para-hydroxylation sites is 1. The number of halogens is 2. The quantitative estimate of drug-likeness (QED) is 0.238. The normalized spacial score (nSPS) is 14.8. The van der Waals surface area contributed by atoms with E-state index < -0.39 is 0 Å². The highest BCUT2D eigenvalue weighted by Gasteiger charge is 2.23. The van der Waals surface area contributed by atoms with E-state index in [9.17, 15) is 4.79 Å². The summed E-state index contributed by atoms with van der Waals surface area (Å²) in [6.45, 7) is 7.05. The fourth-order valence-corrected chi connectivity index (χ4v) is 5.90. The molecule has 0 unspecified atom stereocenters. The Labute approximate surface area is 209 Å². The molecule has 164 valence electrons. The Kier molecular flexibility index (Phi) is 7.89. The summed E-state index contributed by atoms with van der Waals surface area (Å²) in [5.74, 6) is 1.62. The average Bonchev–Trinajstić information content (AvgIpc) is 3.14. The van der Waals surface area contributed by atoms with Gasteiger partial charge in [0.1, 0.15) is 23.7 Å². The van der Waals surface area contributed by atoms with Gasteiger partial charge in [0.25, 0.3) is 0 Å². The Hall–Kier alpha value is -1.17. The van der Waals surface area contributed by atoms with Crippen LogP contribution in [0.25, 0.3) is 11.0 Å². The van der Waals surface area contributed by atoms with Crippen LogP contribution < -0.4 is 4.74 Å². The lowest BCUT2D eigenvalue weighted by molar-refractivity contribution is 0.0321. The van der Waals surface area contributed by atoms with E-state index in [1.807, 2.05) is 36.4 Å². The van der Waals surface area contributed by atoms with Crippen molar-refractivity contribution < 1.29 is 18.7 Å². The fourth-order valence-electron chi connectivity index (χ4n) is 3.82. The zero-order valence-electron chi connectivity index (χ0n) is 17.5. The van der Waals surface area contributed by atoms with E-state index in [0.717, 1.165) is 75.3 Å². The van der Waals surface area contributed by atoms with E-state index >= 15 is 0 Å². The SMILES string of the molecule is CCCc1oc2ccccc2c1C(=O)c1cc(I)c(OCCN2CCOCC2)c(I)c1. The van der Waals surface area contributed by atoms with Gasteiger partial charge in [-0.15, -0.1) is 0 Å². The van der Waals surface area contributed by atoms with Crippen molar-refractivity contribution in [3.63, 3.8) is 0 Å². The Morgan fingerprint density at radius 1 is 1.13 bits per heavy atom. The number of benzene rings is 2. The van der Waals surface area contributed by atoms with Gasteiger partial charge in [-0.2, -0.15) is 0 Å². The molecule has 1 aliphatic rings. The van der Waals surface area contributed by atoms with Crippen LogP contribution in [0.1, 0.15) is 35.0 Å². The minimum Gasteiger partial charge on any atom is -0.490 e. The number of aryl methyl sites for hydroxylation is 1. The zero-order valence-corrected chi connectivity index (χ0v) is 21.8. The second-order valence-corrected chi connectivity index (χ2v) is 9.87. The van der Waals surface area contributed by atoms with Crippen LogP contribution >= 0.6 is 45.2 Å². The van der Waals surface area contributed by atoms with E-state index in [1.165, 1.54) is 0 Å². The maximum atomic E-state index is 13.5. The summed E-state index contributed by atoms with van der Waals surface area (Å²) in [7, 11) is 0. The lowest BCUT2D eigenvalue weighted by Crippen LogP contribution is -2.38. The minimum absolute atomic E-state index is 0.00380. The first-order valence-electron chi connectivity index (χ1n) is 10.6. The first kappa shape index (κ1) is 23.0. The van der Waals surface area contributed by atoms with Crippen molar-refractivity contribution in [1.29, 1.82) is 0 Å². The number of hydrogen-bond donors (Lipinski definition) is 0. The van der Waals surface area contributed by atoms with Crippen molar-refractivity contribution in [2.45, 2.75) is 19.8 Å². The molecule has 1 aromatic heterocycles. The summed E-state index contributed by atoms with van der Waals surface area (Å²) in [5, 5.41) is 0.881. The number of ether oxygens (including phenoxy) is 2. The molecule has 2 heterocycles. The van der Waals surface area contributed by atoms with Crippen molar-refractivity contribution in [2.75, 3.05) is 39.5 Å². The Bertz CT molecular complexity index is 1050. The zero-order chi connectivity index (χ0) is 21.8. The van der Waals surface area contributed by atoms with E-state index in [-0.39, 0.29) is 5.78 Å². The van der Waals surface area contributed by atoms with Gasteiger partial charge in [0.05, 0.1) is 25.9 Å². The molecule has 0 atom stereocenters. The number of ketones is 1. The number of carbonyl (C=O) groups is 1. The highest BCUT2D eigenvalue weighted by molar-refractivity contribution is 14.1. The van der Waals surface area contributed by atoms with Gasteiger partial charge in [0.2, 0.25) is 0 Å². The fraction of sp³-hybridized carbons (Fsp3) is 0.375. The molecular formula is C24H25I2NO4. The lowest BCUT2D eigenvalue weighted by atomic mass is 9.98. The van der Waals surface area contributed by atoms with Crippen LogP contribution in [0.4, 0.5) is 0 Å². The Morgan fingerprint density at radius 2 is 1.84 bits per heavy atom. The van der Waals surface area contributed by atoms with Gasteiger partial charge in [0.15, 0.2) is 5.78 Å². The van der Waals surface area contributed by atoms with Crippen LogP contribution in [0.5, 0.6) is 5.75 Å². The molecule has 1 saturated heterocycles. The molecule has 0 spiro atoms. The van der Waals surface area contributed by atoms with Crippen LogP contribution in [0.2, 0.25) is 0 Å². The van der Waals surface area contributed by atoms with Crippen molar-refractivity contribution in [3.8, 4) is 5.75 Å². The molecule has 0 saturated carbocycles. The first-order chi connectivity index (χ1) is 15.1. The summed E-state index contributed by atoms with van der Waals surface area (Å²) < 4.78 is 19.4. The summed E-state index contributed by atoms with van der Waals surface area (Å²) in [6, 6.07) is 11.6. The highest BCUT2D eigenvalue weighted by Crippen LogP contribution is 2.33. The Balaban J connectivity index is 1.56. The van der Waals surface area contributed by atoms with Crippen LogP contribution in [0, 0.1) is 7.14 Å². The number of hydrogen-bond acceptors (Lipinski definition) is 5. The van der Waals surface area contributed by atoms with Gasteiger partial charge < -0.3 is 13.9 Å². The highest BCUT2D eigenvalue weighted by atomic mass is 127. The monoisotopic (exact) mass is 645 g/mol. The van der Waals surface area contributed by atoms with Gasteiger partial charge in [0, 0.05) is 37.0 Å². The molecule has 4 rings (SSSR count). The number of rotatable bonds is 8. The van der Waals surface area contributed by atoms with Crippen LogP contribution in [-0.2, 0) is 11.2 Å². The molecule has 1 aliphatic heterocycles. The third-order valence-electron chi connectivity index (χ3n) is 5.39. The molecule has 1 fully saturated rings. The molecule has 0 aliphatic carbocycles. The van der Waals surface area contributed by atoms with Crippen molar-refractivity contribution in [2.24, 2.45) is 0 Å². The second kappa shape index (κ2) is 10.6. The van der Waals surface area contributed by atoms with Gasteiger partial charge in [-0.05, 0) is 69.8 Å². The average molecular weight is 645 g/mol. The van der Waals surface area contributed by atoms with Gasteiger partial charge in [-0.3, -0.25) is 9.69 Å². The maximum Gasteiger partial charge on any atom is 0.197 e. The molecule has 0 N–H and O–H groups in total. The third kappa shape index (κ3) is 5.26. The molecule has 7 heteroatoms. The van der Waals surface area contributed by atoms with Crippen molar-refractivity contribution >= 4 is 61.9 Å². The third-order valence-corrected chi connectivity index (χ3v) is 6.99. The molecular weight excluding hydrogens is 620 g/mol. The Morgan fingerprint density at radius 3 is 2.55 bits per heavy atom. The predicted molar refractivity (Wildman–Crippen MR) is 138 cm³/mol. The molecule has 2 aromatic carbocycles. The van der Waals surface area contributed by atoms with E-state index in [2.05, 4.69) is 57.0 Å². The minimum atomic E-state index is 0.00380. The second-order valence-electron chi connectivity index (χ2n) is 7.55. The number of furan rings is 1. The summed E-state index contributed by atoms with van der Waals surface area (Å²) in [5.41, 5.74) is 2.12. The van der Waals surface area contributed by atoms with Gasteiger partial charge >= 0.3 is 0 Å². The largest absolute Gasteiger partial charge is 0.490 e. The molecule has 0 amide bonds. The molecule has 31 heavy (non-hydrogen) atoms. The van der Waals surface area contributed by atoms with E-state index in [4.69, 9.17) is 13.9 Å². The summed E-state index contributed by atoms with van der Waals surface area (Å²) in [4.78, 5) is 15.9. The smallest absolute Gasteiger partial charge is 0.197 e. The number of fused-ring (bicyclic) bond motifs is 1. The topological polar surface area (TPSA) is 51.9 Å².